The number of halogens is 3. The lowest BCUT2D eigenvalue weighted by Gasteiger charge is -2.21. The Morgan fingerprint density at radius 3 is 2.35 bits per heavy atom. The SMILES string of the molecule is CCCCOC(C(=O)O)c1c(C)cc2nc(-c3cc(Cl)nc(Cl)c3)sc2c1-c1ccc(Cl)cc1. The molecule has 176 valence electrons. The van der Waals surface area contributed by atoms with Crippen molar-refractivity contribution in [3.8, 4) is 21.7 Å². The zero-order chi connectivity index (χ0) is 24.4. The molecule has 4 rings (SSSR count). The molecular formula is C25H21Cl3N2O3S. The topological polar surface area (TPSA) is 72.3 Å². The number of ether oxygens (including phenoxy) is 1. The Morgan fingerprint density at radius 1 is 1.06 bits per heavy atom. The highest BCUT2D eigenvalue weighted by atomic mass is 35.5. The Labute approximate surface area is 216 Å². The van der Waals surface area contributed by atoms with Crippen LogP contribution in [0.25, 0.3) is 31.9 Å². The molecule has 0 fully saturated rings. The van der Waals surface area contributed by atoms with E-state index in [1.165, 1.54) is 11.3 Å². The molecule has 0 saturated heterocycles. The van der Waals surface area contributed by atoms with Crippen LogP contribution in [0.15, 0.2) is 42.5 Å². The van der Waals surface area contributed by atoms with Gasteiger partial charge in [0.15, 0.2) is 6.10 Å². The van der Waals surface area contributed by atoms with Gasteiger partial charge in [-0.15, -0.1) is 11.3 Å². The lowest BCUT2D eigenvalue weighted by molar-refractivity contribution is -0.151. The zero-order valence-corrected chi connectivity index (χ0v) is 21.5. The highest BCUT2D eigenvalue weighted by Crippen LogP contribution is 2.44. The average Bonchev–Trinajstić information content (AvgIpc) is 3.20. The van der Waals surface area contributed by atoms with Crippen molar-refractivity contribution < 1.29 is 14.6 Å². The van der Waals surface area contributed by atoms with E-state index in [9.17, 15) is 9.90 Å². The van der Waals surface area contributed by atoms with E-state index in [4.69, 9.17) is 44.5 Å². The van der Waals surface area contributed by atoms with Gasteiger partial charge in [-0.3, -0.25) is 0 Å². The van der Waals surface area contributed by atoms with E-state index in [1.807, 2.05) is 32.0 Å². The number of hydrogen-bond acceptors (Lipinski definition) is 5. The number of aliphatic carboxylic acids is 1. The van der Waals surface area contributed by atoms with Crippen molar-refractivity contribution >= 4 is 62.3 Å². The zero-order valence-electron chi connectivity index (χ0n) is 18.4. The smallest absolute Gasteiger partial charge is 0.337 e. The maximum Gasteiger partial charge on any atom is 0.337 e. The summed E-state index contributed by atoms with van der Waals surface area (Å²) in [6.45, 7) is 4.27. The molecule has 0 bridgehead atoms. The first-order chi connectivity index (χ1) is 16.3. The summed E-state index contributed by atoms with van der Waals surface area (Å²) in [4.78, 5) is 21.1. The maximum atomic E-state index is 12.3. The van der Waals surface area contributed by atoms with Gasteiger partial charge in [-0.05, 0) is 54.8 Å². The number of unbranched alkanes of at least 4 members (excludes halogenated alkanes) is 1. The number of carboxylic acid groups (broad SMARTS) is 1. The molecule has 1 N–H and O–H groups in total. The fourth-order valence-corrected chi connectivity index (χ4v) is 5.49. The van der Waals surface area contributed by atoms with Crippen LogP contribution in [-0.4, -0.2) is 27.7 Å². The highest BCUT2D eigenvalue weighted by molar-refractivity contribution is 7.22. The molecule has 2 aromatic heterocycles. The second-order valence-electron chi connectivity index (χ2n) is 7.80. The fourth-order valence-electron chi connectivity index (χ4n) is 3.79. The van der Waals surface area contributed by atoms with Crippen molar-refractivity contribution in [3.05, 3.63) is 68.9 Å². The van der Waals surface area contributed by atoms with Crippen LogP contribution in [0.2, 0.25) is 15.3 Å². The van der Waals surface area contributed by atoms with Crippen molar-refractivity contribution in [1.82, 2.24) is 9.97 Å². The first-order valence-corrected chi connectivity index (χ1v) is 12.6. The molecule has 1 atom stereocenters. The Bertz CT molecular complexity index is 1340. The highest BCUT2D eigenvalue weighted by Gasteiger charge is 2.29. The van der Waals surface area contributed by atoms with Crippen LogP contribution in [0, 0.1) is 6.92 Å². The molecule has 4 aromatic rings. The number of pyridine rings is 1. The fraction of sp³-hybridized carbons (Fsp3) is 0.240. The van der Waals surface area contributed by atoms with Gasteiger partial charge in [0.25, 0.3) is 0 Å². The molecule has 34 heavy (non-hydrogen) atoms. The largest absolute Gasteiger partial charge is 0.479 e. The number of fused-ring (bicyclic) bond motifs is 1. The minimum atomic E-state index is -1.11. The second-order valence-corrected chi connectivity index (χ2v) is 10.0. The van der Waals surface area contributed by atoms with Gasteiger partial charge in [-0.1, -0.05) is 60.3 Å². The van der Waals surface area contributed by atoms with Crippen LogP contribution in [0.1, 0.15) is 37.0 Å². The number of hydrogen-bond donors (Lipinski definition) is 1. The Kier molecular flexibility index (Phi) is 7.75. The van der Waals surface area contributed by atoms with E-state index >= 15 is 0 Å². The third kappa shape index (κ3) is 5.21. The third-order valence-electron chi connectivity index (χ3n) is 5.34. The van der Waals surface area contributed by atoms with Gasteiger partial charge < -0.3 is 9.84 Å². The first kappa shape index (κ1) is 24.9. The maximum absolute atomic E-state index is 12.3. The van der Waals surface area contributed by atoms with Crippen molar-refractivity contribution in [2.24, 2.45) is 0 Å². The van der Waals surface area contributed by atoms with Gasteiger partial charge in [0.05, 0.1) is 10.2 Å². The number of thiazole rings is 1. The van der Waals surface area contributed by atoms with E-state index in [1.54, 1.807) is 24.3 Å². The van der Waals surface area contributed by atoms with Gasteiger partial charge in [0.2, 0.25) is 0 Å². The molecule has 2 heterocycles. The second kappa shape index (κ2) is 10.6. The number of benzene rings is 2. The summed E-state index contributed by atoms with van der Waals surface area (Å²) in [6.07, 6.45) is 0.566. The third-order valence-corrected chi connectivity index (χ3v) is 7.12. The van der Waals surface area contributed by atoms with E-state index < -0.39 is 12.1 Å². The predicted molar refractivity (Wildman–Crippen MR) is 139 cm³/mol. The van der Waals surface area contributed by atoms with Gasteiger partial charge in [-0.2, -0.15) is 0 Å². The Hall–Kier alpha value is -2.22. The molecule has 9 heteroatoms. The number of carbonyl (C=O) groups is 1. The number of aromatic nitrogens is 2. The minimum Gasteiger partial charge on any atom is -0.479 e. The number of nitrogens with zero attached hydrogens (tertiary/aromatic N) is 2. The monoisotopic (exact) mass is 534 g/mol. The van der Waals surface area contributed by atoms with Crippen LogP contribution in [0.4, 0.5) is 0 Å². The van der Waals surface area contributed by atoms with Gasteiger partial charge in [0, 0.05) is 28.3 Å². The molecule has 0 aliphatic heterocycles. The van der Waals surface area contributed by atoms with Crippen LogP contribution in [-0.2, 0) is 9.53 Å². The number of carboxylic acids is 1. The summed E-state index contributed by atoms with van der Waals surface area (Å²) in [5, 5.41) is 11.9. The normalized spacial score (nSPS) is 12.3. The molecule has 0 amide bonds. The van der Waals surface area contributed by atoms with Crippen molar-refractivity contribution in [1.29, 1.82) is 0 Å². The molecular weight excluding hydrogens is 515 g/mol. The molecule has 0 aliphatic carbocycles. The van der Waals surface area contributed by atoms with Gasteiger partial charge in [0.1, 0.15) is 15.3 Å². The molecule has 2 aromatic carbocycles. The van der Waals surface area contributed by atoms with E-state index in [-0.39, 0.29) is 10.3 Å². The standard InChI is InChI=1S/C25H21Cl3N2O3S/c1-3-4-9-33-22(25(31)32)20-13(2)10-17-23(21(20)14-5-7-16(26)8-6-14)34-24(29-17)15-11-18(27)30-19(28)12-15/h5-8,10-12,22H,3-4,9H2,1-2H3,(H,31,32). The quantitative estimate of drug-likeness (QED) is 0.182. The summed E-state index contributed by atoms with van der Waals surface area (Å²) in [7, 11) is 0. The van der Waals surface area contributed by atoms with Crippen molar-refractivity contribution in [2.75, 3.05) is 6.61 Å². The van der Waals surface area contributed by atoms with Crippen molar-refractivity contribution in [2.45, 2.75) is 32.8 Å². The van der Waals surface area contributed by atoms with Crippen LogP contribution in [0.5, 0.6) is 0 Å². The summed E-state index contributed by atoms with van der Waals surface area (Å²) >= 11 is 19.8. The summed E-state index contributed by atoms with van der Waals surface area (Å²) < 4.78 is 6.72. The Balaban J connectivity index is 1.98. The van der Waals surface area contributed by atoms with Crippen LogP contribution in [0.3, 0.4) is 0 Å². The predicted octanol–water partition coefficient (Wildman–Crippen LogP) is 8.24. The molecule has 1 unspecified atom stereocenters. The lowest BCUT2D eigenvalue weighted by atomic mass is 9.91. The lowest BCUT2D eigenvalue weighted by Crippen LogP contribution is -2.18. The van der Waals surface area contributed by atoms with Crippen LogP contribution >= 0.6 is 46.1 Å². The molecule has 0 aliphatic rings. The van der Waals surface area contributed by atoms with Gasteiger partial charge >= 0.3 is 5.97 Å². The van der Waals surface area contributed by atoms with E-state index in [2.05, 4.69) is 4.98 Å². The molecule has 0 saturated carbocycles. The summed E-state index contributed by atoms with van der Waals surface area (Å²) in [5.41, 5.74) is 4.47. The Morgan fingerprint density at radius 2 is 1.74 bits per heavy atom. The van der Waals surface area contributed by atoms with Crippen molar-refractivity contribution in [3.63, 3.8) is 0 Å². The van der Waals surface area contributed by atoms with Gasteiger partial charge in [-0.25, -0.2) is 14.8 Å². The molecule has 5 nitrogen and oxygen atoms in total. The molecule has 0 spiro atoms. The summed E-state index contributed by atoms with van der Waals surface area (Å²) in [6, 6.07) is 12.6. The summed E-state index contributed by atoms with van der Waals surface area (Å²) in [5.74, 6) is -1.04. The van der Waals surface area contributed by atoms with E-state index in [0.717, 1.165) is 45.3 Å². The minimum absolute atomic E-state index is 0.270. The first-order valence-electron chi connectivity index (χ1n) is 10.7. The van der Waals surface area contributed by atoms with Crippen LogP contribution < -0.4 is 0 Å². The molecule has 0 radical (unpaired) electrons. The van der Waals surface area contributed by atoms with E-state index in [0.29, 0.717) is 22.2 Å². The number of rotatable bonds is 8. The average molecular weight is 536 g/mol. The number of aryl methyl sites for hydroxylation is 1.